The second kappa shape index (κ2) is 9.13. The first-order valence-corrected chi connectivity index (χ1v) is 9.93. The van der Waals surface area contributed by atoms with Gasteiger partial charge in [0.15, 0.2) is 6.61 Å². The van der Waals surface area contributed by atoms with E-state index in [-0.39, 0.29) is 18.4 Å². The van der Waals surface area contributed by atoms with Crippen LogP contribution in [-0.2, 0) is 9.59 Å². The second-order valence-corrected chi connectivity index (χ2v) is 7.02. The van der Waals surface area contributed by atoms with Gasteiger partial charge in [-0.3, -0.25) is 9.59 Å². The Kier molecular flexibility index (Phi) is 5.94. The summed E-state index contributed by atoms with van der Waals surface area (Å²) in [4.78, 5) is 26.0. The van der Waals surface area contributed by atoms with E-state index in [0.717, 1.165) is 30.0 Å². The average Bonchev–Trinajstić information content (AvgIpc) is 3.21. The molecule has 1 heterocycles. The maximum Gasteiger partial charge on any atom is 0.262 e. The molecule has 30 heavy (non-hydrogen) atoms. The van der Waals surface area contributed by atoms with Crippen LogP contribution in [0.3, 0.4) is 0 Å². The van der Waals surface area contributed by atoms with Crippen molar-refractivity contribution in [2.75, 3.05) is 28.7 Å². The van der Waals surface area contributed by atoms with E-state index in [1.54, 1.807) is 17.0 Å². The maximum atomic E-state index is 12.4. The van der Waals surface area contributed by atoms with E-state index in [2.05, 4.69) is 10.6 Å². The lowest BCUT2D eigenvalue weighted by atomic mass is 10.2. The Labute approximate surface area is 175 Å². The molecule has 0 unspecified atom stereocenters. The highest BCUT2D eigenvalue weighted by molar-refractivity contribution is 5.96. The van der Waals surface area contributed by atoms with Crippen LogP contribution in [0.4, 0.5) is 22.7 Å². The fourth-order valence-corrected chi connectivity index (χ4v) is 3.36. The van der Waals surface area contributed by atoms with E-state index in [9.17, 15) is 9.59 Å². The summed E-state index contributed by atoms with van der Waals surface area (Å²) >= 11 is 0. The Bertz CT molecular complexity index is 1020. The molecule has 0 aliphatic carbocycles. The second-order valence-electron chi connectivity index (χ2n) is 7.02. The van der Waals surface area contributed by atoms with E-state index in [4.69, 9.17) is 4.74 Å². The molecule has 0 bridgehead atoms. The summed E-state index contributed by atoms with van der Waals surface area (Å²) in [7, 11) is 0. The zero-order chi connectivity index (χ0) is 20.8. The van der Waals surface area contributed by atoms with E-state index in [0.29, 0.717) is 17.9 Å². The van der Waals surface area contributed by atoms with Crippen molar-refractivity contribution in [1.29, 1.82) is 0 Å². The molecular weight excluding hydrogens is 378 g/mol. The molecular formula is C24H23N3O3. The largest absolute Gasteiger partial charge is 0.484 e. The van der Waals surface area contributed by atoms with Gasteiger partial charge in [0.1, 0.15) is 5.75 Å². The van der Waals surface area contributed by atoms with Crippen LogP contribution in [0, 0.1) is 0 Å². The van der Waals surface area contributed by atoms with Gasteiger partial charge in [-0.25, -0.2) is 0 Å². The molecule has 6 heteroatoms. The van der Waals surface area contributed by atoms with Crippen LogP contribution in [0.2, 0.25) is 0 Å². The topological polar surface area (TPSA) is 70.7 Å². The van der Waals surface area contributed by atoms with E-state index >= 15 is 0 Å². The Morgan fingerprint density at radius 2 is 1.60 bits per heavy atom. The molecule has 3 aromatic carbocycles. The quantitative estimate of drug-likeness (QED) is 0.608. The molecule has 1 aliphatic rings. The number of anilines is 4. The number of nitrogens with one attached hydrogen (secondary N) is 2. The van der Waals surface area contributed by atoms with Crippen molar-refractivity contribution in [1.82, 2.24) is 0 Å². The Morgan fingerprint density at radius 1 is 0.900 bits per heavy atom. The number of ether oxygens (including phenoxy) is 1. The minimum absolute atomic E-state index is 0.109. The maximum absolute atomic E-state index is 12.4. The van der Waals surface area contributed by atoms with Crippen molar-refractivity contribution in [3.05, 3.63) is 78.9 Å². The molecule has 4 rings (SSSR count). The normalized spacial score (nSPS) is 13.2. The summed E-state index contributed by atoms with van der Waals surface area (Å²) in [5.74, 6) is 0.471. The molecule has 0 aromatic heterocycles. The highest BCUT2D eigenvalue weighted by Gasteiger charge is 2.21. The molecule has 1 fully saturated rings. The summed E-state index contributed by atoms with van der Waals surface area (Å²) in [6, 6.07) is 24.5. The number of amides is 2. The predicted molar refractivity (Wildman–Crippen MR) is 118 cm³/mol. The first kappa shape index (κ1) is 19.5. The third-order valence-corrected chi connectivity index (χ3v) is 4.85. The third-order valence-electron chi connectivity index (χ3n) is 4.85. The van der Waals surface area contributed by atoms with Gasteiger partial charge >= 0.3 is 0 Å². The highest BCUT2D eigenvalue weighted by Crippen LogP contribution is 2.26. The van der Waals surface area contributed by atoms with E-state index in [1.165, 1.54) is 0 Å². The van der Waals surface area contributed by atoms with Gasteiger partial charge in [0, 0.05) is 24.3 Å². The molecule has 0 spiro atoms. The van der Waals surface area contributed by atoms with Crippen LogP contribution in [0.15, 0.2) is 78.9 Å². The summed E-state index contributed by atoms with van der Waals surface area (Å²) < 4.78 is 5.61. The minimum atomic E-state index is -0.254. The van der Waals surface area contributed by atoms with Crippen LogP contribution in [0.5, 0.6) is 5.75 Å². The lowest BCUT2D eigenvalue weighted by molar-refractivity contribution is -0.118. The fraction of sp³-hybridized carbons (Fsp3) is 0.167. The molecule has 1 saturated heterocycles. The first-order chi connectivity index (χ1) is 14.7. The van der Waals surface area contributed by atoms with Gasteiger partial charge in [-0.15, -0.1) is 0 Å². The zero-order valence-corrected chi connectivity index (χ0v) is 16.5. The van der Waals surface area contributed by atoms with Gasteiger partial charge in [-0.05, 0) is 55.0 Å². The van der Waals surface area contributed by atoms with Crippen LogP contribution in [0.1, 0.15) is 12.8 Å². The molecule has 0 radical (unpaired) electrons. The molecule has 0 atom stereocenters. The van der Waals surface area contributed by atoms with Gasteiger partial charge in [-0.2, -0.15) is 0 Å². The SMILES string of the molecule is O=C(COc1ccc(N2CCCC2=O)cc1)Nc1ccccc1Nc1ccccc1. The fourth-order valence-electron chi connectivity index (χ4n) is 3.36. The molecule has 2 amide bonds. The van der Waals surface area contributed by atoms with Crippen LogP contribution < -0.4 is 20.3 Å². The molecule has 3 aromatic rings. The number of rotatable bonds is 7. The van der Waals surface area contributed by atoms with E-state index in [1.807, 2.05) is 66.7 Å². The summed E-state index contributed by atoms with van der Waals surface area (Å²) in [6.45, 7) is 0.638. The van der Waals surface area contributed by atoms with Gasteiger partial charge in [0.25, 0.3) is 5.91 Å². The Balaban J connectivity index is 1.33. The standard InChI is InChI=1S/C24H23N3O3/c28-23(17-30-20-14-12-19(13-15-20)27-16-6-11-24(27)29)26-22-10-5-4-9-21(22)25-18-7-2-1-3-8-18/h1-5,7-10,12-15,25H,6,11,16-17H2,(H,26,28). The predicted octanol–water partition coefficient (Wildman–Crippen LogP) is 4.57. The molecule has 0 saturated carbocycles. The summed E-state index contributed by atoms with van der Waals surface area (Å²) in [5, 5.41) is 6.18. The Hall–Kier alpha value is -3.80. The van der Waals surface area contributed by atoms with Crippen LogP contribution in [0.25, 0.3) is 0 Å². The number of carbonyl (C=O) groups is 2. The molecule has 1 aliphatic heterocycles. The Morgan fingerprint density at radius 3 is 2.30 bits per heavy atom. The van der Waals surface area contributed by atoms with Crippen molar-refractivity contribution in [2.45, 2.75) is 12.8 Å². The van der Waals surface area contributed by atoms with Crippen LogP contribution >= 0.6 is 0 Å². The third kappa shape index (κ3) is 4.78. The molecule has 6 nitrogen and oxygen atoms in total. The van der Waals surface area contributed by atoms with Crippen molar-refractivity contribution >= 4 is 34.6 Å². The van der Waals surface area contributed by atoms with Gasteiger partial charge in [-0.1, -0.05) is 30.3 Å². The number of nitrogens with zero attached hydrogens (tertiary/aromatic N) is 1. The van der Waals surface area contributed by atoms with Crippen LogP contribution in [-0.4, -0.2) is 25.0 Å². The number of hydrogen-bond acceptors (Lipinski definition) is 4. The lowest BCUT2D eigenvalue weighted by Crippen LogP contribution is -2.23. The summed E-state index contributed by atoms with van der Waals surface area (Å²) in [5.41, 5.74) is 3.27. The van der Waals surface area contributed by atoms with Gasteiger partial charge in [0.2, 0.25) is 5.91 Å². The summed E-state index contributed by atoms with van der Waals surface area (Å²) in [6.07, 6.45) is 1.48. The minimum Gasteiger partial charge on any atom is -0.484 e. The van der Waals surface area contributed by atoms with Gasteiger partial charge in [0.05, 0.1) is 11.4 Å². The first-order valence-electron chi connectivity index (χ1n) is 9.93. The number of carbonyl (C=O) groups excluding carboxylic acids is 2. The van der Waals surface area contributed by atoms with Crippen molar-refractivity contribution in [2.24, 2.45) is 0 Å². The van der Waals surface area contributed by atoms with Gasteiger partial charge < -0.3 is 20.3 Å². The van der Waals surface area contributed by atoms with Crippen molar-refractivity contribution in [3.8, 4) is 5.75 Å². The average molecular weight is 401 g/mol. The van der Waals surface area contributed by atoms with E-state index < -0.39 is 0 Å². The monoisotopic (exact) mass is 401 g/mol. The zero-order valence-electron chi connectivity index (χ0n) is 16.5. The van der Waals surface area contributed by atoms with Crippen molar-refractivity contribution < 1.29 is 14.3 Å². The molecule has 152 valence electrons. The number of hydrogen-bond donors (Lipinski definition) is 2. The highest BCUT2D eigenvalue weighted by atomic mass is 16.5. The number of para-hydroxylation sites is 3. The lowest BCUT2D eigenvalue weighted by Gasteiger charge is -2.16. The van der Waals surface area contributed by atoms with Crippen molar-refractivity contribution in [3.63, 3.8) is 0 Å². The smallest absolute Gasteiger partial charge is 0.262 e. The molecule has 2 N–H and O–H groups in total. The number of benzene rings is 3.